The third-order valence-electron chi connectivity index (χ3n) is 4.55. The number of hydrogen-bond acceptors (Lipinski definition) is 5. The van der Waals surface area contributed by atoms with Crippen molar-refractivity contribution in [3.05, 3.63) is 72.1 Å². The second-order valence-corrected chi connectivity index (χ2v) is 6.48. The lowest BCUT2D eigenvalue weighted by molar-refractivity contribution is -0.126. The van der Waals surface area contributed by atoms with Gasteiger partial charge in [-0.25, -0.2) is 4.68 Å². The van der Waals surface area contributed by atoms with E-state index in [0.717, 1.165) is 0 Å². The summed E-state index contributed by atoms with van der Waals surface area (Å²) in [5.74, 6) is -2.67. The van der Waals surface area contributed by atoms with Gasteiger partial charge in [0.1, 0.15) is 0 Å². The SMILES string of the molecule is O=C1C[C@H](C(=O)NNC(=O)c2nn(-c3ccccc3)cc2O)c2ccccc2N1. The Morgan fingerprint density at radius 2 is 1.79 bits per heavy atom. The number of nitrogens with zero attached hydrogens (tertiary/aromatic N) is 2. The predicted molar refractivity (Wildman–Crippen MR) is 103 cm³/mol. The van der Waals surface area contributed by atoms with Crippen LogP contribution in [0.3, 0.4) is 0 Å². The smallest absolute Gasteiger partial charge is 0.294 e. The van der Waals surface area contributed by atoms with Gasteiger partial charge < -0.3 is 10.4 Å². The summed E-state index contributed by atoms with van der Waals surface area (Å²) in [5, 5.41) is 16.8. The highest BCUT2D eigenvalue weighted by Crippen LogP contribution is 2.31. The van der Waals surface area contributed by atoms with Gasteiger partial charge in [-0.1, -0.05) is 36.4 Å². The maximum atomic E-state index is 12.6. The van der Waals surface area contributed by atoms with Gasteiger partial charge in [-0.3, -0.25) is 25.2 Å². The molecule has 0 fully saturated rings. The first kappa shape index (κ1) is 18.2. The molecule has 4 rings (SSSR count). The molecule has 0 bridgehead atoms. The van der Waals surface area contributed by atoms with Crippen LogP contribution in [0.25, 0.3) is 5.69 Å². The molecule has 146 valence electrons. The van der Waals surface area contributed by atoms with Crippen LogP contribution in [-0.2, 0) is 9.59 Å². The molecule has 2 heterocycles. The lowest BCUT2D eigenvalue weighted by Crippen LogP contribution is -2.45. The number of aromatic hydroxyl groups is 1. The molecule has 0 saturated carbocycles. The lowest BCUT2D eigenvalue weighted by atomic mass is 9.90. The number of anilines is 1. The van der Waals surface area contributed by atoms with Gasteiger partial charge in [0.2, 0.25) is 11.8 Å². The number of hydrazine groups is 1. The van der Waals surface area contributed by atoms with Gasteiger partial charge >= 0.3 is 0 Å². The Bertz CT molecular complexity index is 1090. The van der Waals surface area contributed by atoms with Crippen LogP contribution in [0, 0.1) is 0 Å². The highest BCUT2D eigenvalue weighted by atomic mass is 16.3. The predicted octanol–water partition coefficient (Wildman–Crippen LogP) is 1.46. The van der Waals surface area contributed by atoms with E-state index in [1.54, 1.807) is 48.5 Å². The van der Waals surface area contributed by atoms with E-state index in [9.17, 15) is 19.5 Å². The number of rotatable bonds is 3. The summed E-state index contributed by atoms with van der Waals surface area (Å²) in [7, 11) is 0. The van der Waals surface area contributed by atoms with Crippen LogP contribution >= 0.6 is 0 Å². The molecule has 0 spiro atoms. The Balaban J connectivity index is 1.46. The minimum absolute atomic E-state index is 0.0351. The Morgan fingerprint density at radius 3 is 2.59 bits per heavy atom. The molecule has 29 heavy (non-hydrogen) atoms. The van der Waals surface area contributed by atoms with Crippen molar-refractivity contribution in [3.63, 3.8) is 0 Å². The number of amides is 3. The minimum Gasteiger partial charge on any atom is -0.504 e. The van der Waals surface area contributed by atoms with Crippen molar-refractivity contribution in [2.45, 2.75) is 12.3 Å². The number of para-hydroxylation sites is 2. The molecule has 9 heteroatoms. The number of aromatic nitrogens is 2. The molecule has 9 nitrogen and oxygen atoms in total. The van der Waals surface area contributed by atoms with Crippen LogP contribution in [0.15, 0.2) is 60.8 Å². The number of carbonyl (C=O) groups excluding carboxylic acids is 3. The zero-order valence-corrected chi connectivity index (χ0v) is 15.1. The Labute approximate surface area is 165 Å². The average Bonchev–Trinajstić information content (AvgIpc) is 3.13. The topological polar surface area (TPSA) is 125 Å². The average molecular weight is 391 g/mol. The highest BCUT2D eigenvalue weighted by molar-refractivity contribution is 6.02. The third-order valence-corrected chi connectivity index (χ3v) is 4.55. The van der Waals surface area contributed by atoms with Crippen molar-refractivity contribution in [3.8, 4) is 11.4 Å². The molecule has 1 atom stereocenters. The van der Waals surface area contributed by atoms with E-state index in [0.29, 0.717) is 16.9 Å². The van der Waals surface area contributed by atoms with E-state index in [2.05, 4.69) is 21.3 Å². The number of fused-ring (bicyclic) bond motifs is 1. The van der Waals surface area contributed by atoms with Crippen LogP contribution < -0.4 is 16.2 Å². The van der Waals surface area contributed by atoms with E-state index in [1.165, 1.54) is 10.9 Å². The molecular weight excluding hydrogens is 374 g/mol. The molecule has 0 saturated heterocycles. The summed E-state index contributed by atoms with van der Waals surface area (Å²) in [5.41, 5.74) is 6.20. The van der Waals surface area contributed by atoms with Crippen molar-refractivity contribution < 1.29 is 19.5 Å². The summed E-state index contributed by atoms with van der Waals surface area (Å²) in [4.78, 5) is 36.8. The number of nitrogens with one attached hydrogen (secondary N) is 3. The third kappa shape index (κ3) is 3.65. The van der Waals surface area contributed by atoms with Gasteiger partial charge in [0, 0.05) is 12.1 Å². The first-order valence-electron chi connectivity index (χ1n) is 8.86. The normalized spacial score (nSPS) is 15.2. The number of carbonyl (C=O) groups is 3. The number of benzene rings is 2. The lowest BCUT2D eigenvalue weighted by Gasteiger charge is -2.24. The minimum atomic E-state index is -0.779. The first-order valence-corrected chi connectivity index (χ1v) is 8.86. The summed E-state index contributed by atoms with van der Waals surface area (Å²) in [6.07, 6.45) is 1.26. The van der Waals surface area contributed by atoms with Crippen molar-refractivity contribution >= 4 is 23.4 Å². The fourth-order valence-electron chi connectivity index (χ4n) is 3.15. The van der Waals surface area contributed by atoms with Crippen molar-refractivity contribution in [2.24, 2.45) is 0 Å². The maximum absolute atomic E-state index is 12.6. The van der Waals surface area contributed by atoms with Crippen LogP contribution in [0.1, 0.15) is 28.4 Å². The monoisotopic (exact) mass is 391 g/mol. The van der Waals surface area contributed by atoms with Crippen molar-refractivity contribution in [1.82, 2.24) is 20.6 Å². The molecule has 2 aromatic carbocycles. The molecule has 0 unspecified atom stereocenters. The number of hydrogen-bond donors (Lipinski definition) is 4. The van der Waals surface area contributed by atoms with E-state index >= 15 is 0 Å². The Morgan fingerprint density at radius 1 is 1.07 bits per heavy atom. The van der Waals surface area contributed by atoms with Crippen molar-refractivity contribution in [1.29, 1.82) is 0 Å². The maximum Gasteiger partial charge on any atom is 0.294 e. The van der Waals surface area contributed by atoms with E-state index in [1.807, 2.05) is 6.07 Å². The molecule has 0 aliphatic carbocycles. The fourth-order valence-corrected chi connectivity index (χ4v) is 3.15. The van der Waals surface area contributed by atoms with Gasteiger partial charge in [0.25, 0.3) is 5.91 Å². The largest absolute Gasteiger partial charge is 0.504 e. The van der Waals surface area contributed by atoms with Crippen LogP contribution in [0.5, 0.6) is 5.75 Å². The van der Waals surface area contributed by atoms with Crippen LogP contribution in [-0.4, -0.2) is 32.6 Å². The van der Waals surface area contributed by atoms with E-state index in [4.69, 9.17) is 0 Å². The van der Waals surface area contributed by atoms with Gasteiger partial charge in [0.15, 0.2) is 11.4 Å². The standard InChI is InChI=1S/C20H17N5O4/c26-16-11-25(12-6-2-1-3-7-12)24-18(16)20(29)23-22-19(28)14-10-17(27)21-15-9-5-4-8-13(14)15/h1-9,11,14,26H,10H2,(H,21,27)(H,22,28)(H,23,29)/t14-/m0/s1. The van der Waals surface area contributed by atoms with Gasteiger partial charge in [-0.15, -0.1) is 0 Å². The molecule has 0 radical (unpaired) electrons. The molecular formula is C20H17N5O4. The zero-order valence-electron chi connectivity index (χ0n) is 15.1. The summed E-state index contributed by atoms with van der Waals surface area (Å²) in [6, 6.07) is 15.9. The summed E-state index contributed by atoms with van der Waals surface area (Å²) in [6.45, 7) is 0. The Hall–Kier alpha value is -4.14. The first-order chi connectivity index (χ1) is 14.0. The summed E-state index contributed by atoms with van der Waals surface area (Å²) >= 11 is 0. The molecule has 1 aliphatic heterocycles. The van der Waals surface area contributed by atoms with Crippen LogP contribution in [0.2, 0.25) is 0 Å². The molecule has 1 aliphatic rings. The highest BCUT2D eigenvalue weighted by Gasteiger charge is 2.31. The molecule has 3 aromatic rings. The fraction of sp³-hybridized carbons (Fsp3) is 0.100. The van der Waals surface area contributed by atoms with Gasteiger partial charge in [-0.2, -0.15) is 5.10 Å². The molecule has 1 aromatic heterocycles. The van der Waals surface area contributed by atoms with Crippen LogP contribution in [0.4, 0.5) is 5.69 Å². The Kier molecular flexibility index (Phi) is 4.70. The zero-order chi connectivity index (χ0) is 20.4. The van der Waals surface area contributed by atoms with E-state index < -0.39 is 17.7 Å². The molecule has 4 N–H and O–H groups in total. The van der Waals surface area contributed by atoms with Crippen molar-refractivity contribution in [2.75, 3.05) is 5.32 Å². The summed E-state index contributed by atoms with van der Waals surface area (Å²) < 4.78 is 1.35. The van der Waals surface area contributed by atoms with Gasteiger partial charge in [-0.05, 0) is 23.8 Å². The second-order valence-electron chi connectivity index (χ2n) is 6.48. The quantitative estimate of drug-likeness (QED) is 0.503. The van der Waals surface area contributed by atoms with Gasteiger partial charge in [0.05, 0.1) is 17.8 Å². The second kappa shape index (κ2) is 7.47. The molecule has 3 amide bonds. The van der Waals surface area contributed by atoms with E-state index in [-0.39, 0.29) is 23.8 Å².